The van der Waals surface area contributed by atoms with Gasteiger partial charge in [0.05, 0.1) is 4.90 Å². The molecule has 0 saturated heterocycles. The number of benzene rings is 1. The Morgan fingerprint density at radius 2 is 1.70 bits per heavy atom. The molecule has 0 heterocycles. The van der Waals surface area contributed by atoms with Crippen molar-refractivity contribution in [2.45, 2.75) is 38.5 Å². The predicted octanol–water partition coefficient (Wildman–Crippen LogP) is 2.18. The SMILES string of the molecule is CC(C)(C)CC(=O)NCCc1ccc(S(C)(=O)=O)cc1. The van der Waals surface area contributed by atoms with Gasteiger partial charge in [-0.2, -0.15) is 0 Å². The number of carbonyl (C=O) groups is 1. The van der Waals surface area contributed by atoms with E-state index < -0.39 is 9.84 Å². The van der Waals surface area contributed by atoms with Crippen LogP contribution in [0.25, 0.3) is 0 Å². The second-order valence-electron chi connectivity index (χ2n) is 6.25. The van der Waals surface area contributed by atoms with E-state index in [2.05, 4.69) is 5.32 Å². The third-order valence-electron chi connectivity index (χ3n) is 2.78. The molecule has 0 spiro atoms. The van der Waals surface area contributed by atoms with Gasteiger partial charge in [0, 0.05) is 19.2 Å². The number of nitrogens with one attached hydrogen (secondary N) is 1. The highest BCUT2D eigenvalue weighted by atomic mass is 32.2. The normalized spacial score (nSPS) is 12.2. The van der Waals surface area contributed by atoms with Crippen LogP contribution in [0.4, 0.5) is 0 Å². The molecule has 1 amide bonds. The van der Waals surface area contributed by atoms with E-state index in [1.165, 1.54) is 6.26 Å². The van der Waals surface area contributed by atoms with Gasteiger partial charge in [0.2, 0.25) is 5.91 Å². The van der Waals surface area contributed by atoms with Crippen molar-refractivity contribution in [2.75, 3.05) is 12.8 Å². The van der Waals surface area contributed by atoms with Gasteiger partial charge in [-0.1, -0.05) is 32.9 Å². The van der Waals surface area contributed by atoms with Crippen LogP contribution < -0.4 is 5.32 Å². The fraction of sp³-hybridized carbons (Fsp3) is 0.533. The molecular weight excluding hydrogens is 274 g/mol. The molecule has 0 unspecified atom stereocenters. The van der Waals surface area contributed by atoms with Crippen molar-refractivity contribution in [3.8, 4) is 0 Å². The van der Waals surface area contributed by atoms with Crippen LogP contribution in [0, 0.1) is 5.41 Å². The second kappa shape index (κ2) is 6.39. The van der Waals surface area contributed by atoms with Gasteiger partial charge in [0.15, 0.2) is 9.84 Å². The molecule has 1 aromatic rings. The largest absolute Gasteiger partial charge is 0.356 e. The summed E-state index contributed by atoms with van der Waals surface area (Å²) in [5, 5.41) is 2.88. The third kappa shape index (κ3) is 6.19. The van der Waals surface area contributed by atoms with E-state index in [0.29, 0.717) is 24.3 Å². The van der Waals surface area contributed by atoms with Crippen molar-refractivity contribution >= 4 is 15.7 Å². The van der Waals surface area contributed by atoms with Gasteiger partial charge < -0.3 is 5.32 Å². The molecule has 1 aromatic carbocycles. The number of rotatable bonds is 5. The van der Waals surface area contributed by atoms with Crippen molar-refractivity contribution in [1.29, 1.82) is 0 Å². The van der Waals surface area contributed by atoms with Crippen LogP contribution in [0.2, 0.25) is 0 Å². The molecule has 0 aromatic heterocycles. The Labute approximate surface area is 121 Å². The van der Waals surface area contributed by atoms with E-state index in [0.717, 1.165) is 5.56 Å². The van der Waals surface area contributed by atoms with Crippen molar-refractivity contribution in [3.63, 3.8) is 0 Å². The lowest BCUT2D eigenvalue weighted by molar-refractivity contribution is -0.122. The average Bonchev–Trinajstić information content (AvgIpc) is 2.26. The fourth-order valence-corrected chi connectivity index (χ4v) is 2.42. The molecule has 0 radical (unpaired) electrons. The van der Waals surface area contributed by atoms with Crippen LogP contribution in [0.5, 0.6) is 0 Å². The second-order valence-corrected chi connectivity index (χ2v) is 8.27. The molecule has 0 fully saturated rings. The summed E-state index contributed by atoms with van der Waals surface area (Å²) < 4.78 is 22.6. The molecule has 20 heavy (non-hydrogen) atoms. The molecule has 1 N–H and O–H groups in total. The molecule has 5 heteroatoms. The summed E-state index contributed by atoms with van der Waals surface area (Å²) in [5.41, 5.74) is 0.995. The number of hydrogen-bond donors (Lipinski definition) is 1. The lowest BCUT2D eigenvalue weighted by Gasteiger charge is -2.17. The van der Waals surface area contributed by atoms with Crippen molar-refractivity contribution in [3.05, 3.63) is 29.8 Å². The first-order valence-electron chi connectivity index (χ1n) is 6.64. The van der Waals surface area contributed by atoms with Crippen LogP contribution in [0.15, 0.2) is 29.2 Å². The number of amides is 1. The number of sulfone groups is 1. The molecule has 4 nitrogen and oxygen atoms in total. The lowest BCUT2D eigenvalue weighted by atomic mass is 9.92. The molecule has 1 rings (SSSR count). The maximum atomic E-state index is 11.6. The first-order valence-corrected chi connectivity index (χ1v) is 8.53. The van der Waals surface area contributed by atoms with Gasteiger partial charge in [0.25, 0.3) is 0 Å². The summed E-state index contributed by atoms with van der Waals surface area (Å²) in [7, 11) is -3.14. The highest BCUT2D eigenvalue weighted by Crippen LogP contribution is 2.17. The molecular formula is C15H23NO3S. The van der Waals surface area contributed by atoms with Crippen LogP contribution in [0.1, 0.15) is 32.8 Å². The smallest absolute Gasteiger partial charge is 0.220 e. The predicted molar refractivity (Wildman–Crippen MR) is 80.3 cm³/mol. The van der Waals surface area contributed by atoms with Crippen LogP contribution >= 0.6 is 0 Å². The highest BCUT2D eigenvalue weighted by Gasteiger charge is 2.15. The standard InChI is InChI=1S/C15H23NO3S/c1-15(2,3)11-14(17)16-10-9-12-5-7-13(8-6-12)20(4,18)19/h5-8H,9-11H2,1-4H3,(H,16,17). The minimum Gasteiger partial charge on any atom is -0.356 e. The summed E-state index contributed by atoms with van der Waals surface area (Å²) in [6.07, 6.45) is 2.38. The summed E-state index contributed by atoms with van der Waals surface area (Å²) >= 11 is 0. The topological polar surface area (TPSA) is 63.2 Å². The summed E-state index contributed by atoms with van der Waals surface area (Å²) in [6, 6.07) is 6.77. The Balaban J connectivity index is 2.45. The number of carbonyl (C=O) groups excluding carboxylic acids is 1. The number of hydrogen-bond acceptors (Lipinski definition) is 3. The lowest BCUT2D eigenvalue weighted by Crippen LogP contribution is -2.29. The maximum absolute atomic E-state index is 11.6. The monoisotopic (exact) mass is 297 g/mol. The minimum atomic E-state index is -3.14. The van der Waals surface area contributed by atoms with Crippen LogP contribution in [-0.2, 0) is 21.1 Å². The Kier molecular flexibility index (Phi) is 5.34. The van der Waals surface area contributed by atoms with E-state index in [-0.39, 0.29) is 11.3 Å². The Bertz CT molecular complexity index is 554. The molecule has 0 aliphatic rings. The van der Waals surface area contributed by atoms with Gasteiger partial charge in [-0.25, -0.2) is 8.42 Å². The first kappa shape index (κ1) is 16.7. The van der Waals surface area contributed by atoms with E-state index >= 15 is 0 Å². The zero-order chi connectivity index (χ0) is 15.4. The molecule has 0 bridgehead atoms. The van der Waals surface area contributed by atoms with Gasteiger partial charge >= 0.3 is 0 Å². The molecule has 0 aliphatic heterocycles. The summed E-state index contributed by atoms with van der Waals surface area (Å²) in [6.45, 7) is 6.64. The van der Waals surface area contributed by atoms with Crippen molar-refractivity contribution in [2.24, 2.45) is 5.41 Å². The minimum absolute atomic E-state index is 0.0127. The maximum Gasteiger partial charge on any atom is 0.220 e. The Morgan fingerprint density at radius 1 is 1.15 bits per heavy atom. The van der Waals surface area contributed by atoms with Gasteiger partial charge in [0.1, 0.15) is 0 Å². The first-order chi connectivity index (χ1) is 9.08. The quantitative estimate of drug-likeness (QED) is 0.906. The van der Waals surface area contributed by atoms with Crippen molar-refractivity contribution in [1.82, 2.24) is 5.32 Å². The Hall–Kier alpha value is -1.36. The highest BCUT2D eigenvalue weighted by molar-refractivity contribution is 7.90. The van der Waals surface area contributed by atoms with Gasteiger partial charge in [-0.15, -0.1) is 0 Å². The van der Waals surface area contributed by atoms with Crippen LogP contribution in [0.3, 0.4) is 0 Å². The van der Waals surface area contributed by atoms with E-state index in [9.17, 15) is 13.2 Å². The van der Waals surface area contributed by atoms with E-state index in [1.807, 2.05) is 20.8 Å². The molecule has 112 valence electrons. The third-order valence-corrected chi connectivity index (χ3v) is 3.91. The summed E-state index contributed by atoms with van der Waals surface area (Å²) in [5.74, 6) is 0.0465. The average molecular weight is 297 g/mol. The van der Waals surface area contributed by atoms with Crippen molar-refractivity contribution < 1.29 is 13.2 Å². The Morgan fingerprint density at radius 3 is 2.15 bits per heavy atom. The fourth-order valence-electron chi connectivity index (χ4n) is 1.79. The zero-order valence-corrected chi connectivity index (χ0v) is 13.4. The van der Waals surface area contributed by atoms with Gasteiger partial charge in [-0.3, -0.25) is 4.79 Å². The molecule has 0 saturated carbocycles. The molecule has 0 atom stereocenters. The molecule has 0 aliphatic carbocycles. The zero-order valence-electron chi connectivity index (χ0n) is 12.6. The summed E-state index contributed by atoms with van der Waals surface area (Å²) in [4.78, 5) is 12.0. The van der Waals surface area contributed by atoms with E-state index in [1.54, 1.807) is 24.3 Å². The van der Waals surface area contributed by atoms with E-state index in [4.69, 9.17) is 0 Å². The van der Waals surface area contributed by atoms with Crippen LogP contribution in [-0.4, -0.2) is 27.1 Å². The van der Waals surface area contributed by atoms with Gasteiger partial charge in [-0.05, 0) is 29.5 Å².